The molecule has 2 saturated heterocycles. The number of hydrogen-bond donors (Lipinski definition) is 3. The zero-order valence-electron chi connectivity index (χ0n) is 15.2. The lowest BCUT2D eigenvalue weighted by atomic mass is 9.97. The van der Waals surface area contributed by atoms with Gasteiger partial charge in [0, 0.05) is 11.1 Å². The van der Waals surface area contributed by atoms with Crippen molar-refractivity contribution in [3.8, 4) is 0 Å². The average Bonchev–Trinajstić information content (AvgIpc) is 2.75. The van der Waals surface area contributed by atoms with Gasteiger partial charge in [0.2, 0.25) is 0 Å². The van der Waals surface area contributed by atoms with Gasteiger partial charge in [0.25, 0.3) is 0 Å². The first kappa shape index (κ1) is 19.5. The molecule has 28 heavy (non-hydrogen) atoms. The molecule has 3 N–H and O–H groups in total. The van der Waals surface area contributed by atoms with Crippen LogP contribution in [0.4, 0.5) is 0 Å². The topological polar surface area (TPSA) is 97.6 Å². The van der Waals surface area contributed by atoms with E-state index in [-0.39, 0.29) is 13.2 Å². The molecule has 7 heteroatoms. The molecule has 150 valence electrons. The Hall–Kier alpha value is -1.84. The number of hydrogen-bond acceptors (Lipinski definition) is 7. The molecule has 7 atom stereocenters. The highest BCUT2D eigenvalue weighted by molar-refractivity contribution is 5.17. The van der Waals surface area contributed by atoms with E-state index in [0.717, 1.165) is 11.1 Å². The molecule has 2 fully saturated rings. The van der Waals surface area contributed by atoms with Gasteiger partial charge in [0.1, 0.15) is 30.5 Å². The molecule has 2 aromatic rings. The third-order valence-electron chi connectivity index (χ3n) is 4.97. The fraction of sp³-hybridized carbons (Fsp3) is 0.429. The first-order valence-corrected chi connectivity index (χ1v) is 9.31. The van der Waals surface area contributed by atoms with Crippen LogP contribution in [0.2, 0.25) is 0 Å². The Bertz CT molecular complexity index is 677. The van der Waals surface area contributed by atoms with Crippen LogP contribution < -0.4 is 0 Å². The summed E-state index contributed by atoms with van der Waals surface area (Å²) < 4.78 is 22.8. The van der Waals surface area contributed by atoms with E-state index >= 15 is 0 Å². The summed E-state index contributed by atoms with van der Waals surface area (Å²) in [5, 5.41) is 31.5. The second-order valence-corrected chi connectivity index (χ2v) is 6.98. The van der Waals surface area contributed by atoms with Crippen molar-refractivity contribution in [2.75, 3.05) is 13.2 Å². The van der Waals surface area contributed by atoms with Gasteiger partial charge in [-0.15, -0.1) is 0 Å². The molecule has 0 amide bonds. The zero-order chi connectivity index (χ0) is 19.5. The van der Waals surface area contributed by atoms with Gasteiger partial charge in [0.05, 0.1) is 13.2 Å². The molecule has 2 heterocycles. The first-order chi connectivity index (χ1) is 13.6. The fourth-order valence-corrected chi connectivity index (χ4v) is 3.48. The lowest BCUT2D eigenvalue weighted by Gasteiger charge is -2.42. The Morgan fingerprint density at radius 1 is 0.679 bits per heavy atom. The van der Waals surface area contributed by atoms with Gasteiger partial charge in [-0.05, 0) is 0 Å². The molecule has 0 spiro atoms. The van der Waals surface area contributed by atoms with E-state index in [4.69, 9.17) is 18.9 Å². The summed E-state index contributed by atoms with van der Waals surface area (Å²) in [6.07, 6.45) is -6.76. The van der Waals surface area contributed by atoms with Crippen LogP contribution in [-0.4, -0.2) is 59.1 Å². The minimum absolute atomic E-state index is 0.00270. The van der Waals surface area contributed by atoms with E-state index in [1.165, 1.54) is 0 Å². The van der Waals surface area contributed by atoms with E-state index in [0.29, 0.717) is 0 Å². The molecule has 0 bridgehead atoms. The highest BCUT2D eigenvalue weighted by Crippen LogP contribution is 2.33. The molecule has 0 saturated carbocycles. The lowest BCUT2D eigenvalue weighted by Crippen LogP contribution is -2.57. The predicted molar refractivity (Wildman–Crippen MR) is 98.0 cm³/mol. The quantitative estimate of drug-likeness (QED) is 0.726. The third-order valence-corrected chi connectivity index (χ3v) is 4.97. The van der Waals surface area contributed by atoms with Gasteiger partial charge in [-0.3, -0.25) is 0 Å². The molecule has 2 aliphatic rings. The van der Waals surface area contributed by atoms with E-state index in [1.807, 2.05) is 60.7 Å². The van der Waals surface area contributed by atoms with Gasteiger partial charge >= 0.3 is 0 Å². The Morgan fingerprint density at radius 2 is 1.07 bits per heavy atom. The van der Waals surface area contributed by atoms with Crippen molar-refractivity contribution >= 4 is 0 Å². The van der Waals surface area contributed by atoms with E-state index in [9.17, 15) is 15.3 Å². The van der Waals surface area contributed by atoms with Gasteiger partial charge in [-0.2, -0.15) is 0 Å². The summed E-state index contributed by atoms with van der Waals surface area (Å²) >= 11 is 0. The van der Waals surface area contributed by atoms with Crippen molar-refractivity contribution in [2.45, 2.75) is 43.1 Å². The molecular weight excluding hydrogens is 364 g/mol. The monoisotopic (exact) mass is 388 g/mol. The van der Waals surface area contributed by atoms with Crippen LogP contribution >= 0.6 is 0 Å². The molecule has 2 aliphatic heterocycles. The maximum absolute atomic E-state index is 10.9. The summed E-state index contributed by atoms with van der Waals surface area (Å²) in [6, 6.07) is 18.6. The van der Waals surface area contributed by atoms with Crippen molar-refractivity contribution in [3.63, 3.8) is 0 Å². The first-order valence-electron chi connectivity index (χ1n) is 9.31. The minimum Gasteiger partial charge on any atom is -0.388 e. The highest BCUT2D eigenvalue weighted by Gasteiger charge is 2.45. The molecule has 2 aromatic carbocycles. The van der Waals surface area contributed by atoms with Crippen LogP contribution in [0.3, 0.4) is 0 Å². The van der Waals surface area contributed by atoms with Crippen molar-refractivity contribution in [1.82, 2.24) is 0 Å². The Labute approximate surface area is 163 Å². The normalized spacial score (nSPS) is 34.7. The molecule has 4 rings (SSSR count). The fourth-order valence-electron chi connectivity index (χ4n) is 3.48. The van der Waals surface area contributed by atoms with Crippen LogP contribution in [0.25, 0.3) is 0 Å². The van der Waals surface area contributed by atoms with Gasteiger partial charge < -0.3 is 34.3 Å². The van der Waals surface area contributed by atoms with Crippen molar-refractivity contribution in [3.05, 3.63) is 71.8 Å². The maximum Gasteiger partial charge on any atom is 0.184 e. The average molecular weight is 388 g/mol. The number of benzene rings is 2. The maximum atomic E-state index is 10.9. The van der Waals surface area contributed by atoms with Crippen molar-refractivity contribution in [2.24, 2.45) is 0 Å². The van der Waals surface area contributed by atoms with Crippen LogP contribution in [-0.2, 0) is 18.9 Å². The Morgan fingerprint density at radius 3 is 1.46 bits per heavy atom. The molecule has 1 unspecified atom stereocenters. The number of ether oxygens (including phenoxy) is 4. The van der Waals surface area contributed by atoms with Crippen molar-refractivity contribution < 1.29 is 34.3 Å². The second-order valence-electron chi connectivity index (χ2n) is 6.98. The Balaban J connectivity index is 1.48. The standard InChI is InChI=1S/C21H24O7/c22-15-11-25-20(13-7-3-1-4-8-13)27-18(15)17(24)19-16(23)12-26-21(28-19)14-9-5-2-6-10-14/h1-10,15-24H,11-12H2/t15-,16-,17?,18-,19+,20+,21+/m1/s1. The number of aliphatic hydroxyl groups is 3. The van der Waals surface area contributed by atoms with Gasteiger partial charge in [-0.25, -0.2) is 0 Å². The summed E-state index contributed by atoms with van der Waals surface area (Å²) in [4.78, 5) is 0. The summed E-state index contributed by atoms with van der Waals surface area (Å²) in [7, 11) is 0. The molecular formula is C21H24O7. The van der Waals surface area contributed by atoms with Crippen LogP contribution in [0.15, 0.2) is 60.7 Å². The minimum atomic E-state index is -1.27. The van der Waals surface area contributed by atoms with E-state index in [2.05, 4.69) is 0 Å². The number of rotatable bonds is 4. The van der Waals surface area contributed by atoms with Crippen LogP contribution in [0, 0.1) is 0 Å². The zero-order valence-corrected chi connectivity index (χ0v) is 15.2. The largest absolute Gasteiger partial charge is 0.388 e. The molecule has 0 radical (unpaired) electrons. The van der Waals surface area contributed by atoms with Crippen molar-refractivity contribution in [1.29, 1.82) is 0 Å². The highest BCUT2D eigenvalue weighted by atomic mass is 16.7. The molecule has 7 nitrogen and oxygen atoms in total. The lowest BCUT2D eigenvalue weighted by molar-refractivity contribution is -0.318. The van der Waals surface area contributed by atoms with Crippen LogP contribution in [0.5, 0.6) is 0 Å². The Kier molecular flexibility index (Phi) is 6.03. The SMILES string of the molecule is OC([C@H]1O[C@@H](c2ccccc2)OC[C@H]1O)[C@@H]1O[C@@H](c2ccccc2)OC[C@H]1O. The predicted octanol–water partition coefficient (Wildman–Crippen LogP) is 1.30. The molecule has 0 aliphatic carbocycles. The van der Waals surface area contributed by atoms with Gasteiger partial charge in [-0.1, -0.05) is 60.7 Å². The summed E-state index contributed by atoms with van der Waals surface area (Å²) in [6.45, 7) is 0.00539. The van der Waals surface area contributed by atoms with Gasteiger partial charge in [0.15, 0.2) is 12.6 Å². The number of aliphatic hydroxyl groups excluding tert-OH is 3. The third kappa shape index (κ3) is 4.11. The van der Waals surface area contributed by atoms with Crippen LogP contribution in [0.1, 0.15) is 23.7 Å². The smallest absolute Gasteiger partial charge is 0.184 e. The second kappa shape index (κ2) is 8.67. The summed E-state index contributed by atoms with van der Waals surface area (Å²) in [5.74, 6) is 0. The van der Waals surface area contributed by atoms with E-state index in [1.54, 1.807) is 0 Å². The molecule has 0 aromatic heterocycles. The van der Waals surface area contributed by atoms with E-state index < -0.39 is 43.1 Å². The summed E-state index contributed by atoms with van der Waals surface area (Å²) in [5.41, 5.74) is 1.56.